The van der Waals surface area contributed by atoms with Crippen LogP contribution in [0.25, 0.3) is 10.1 Å². The van der Waals surface area contributed by atoms with Gasteiger partial charge in [0.1, 0.15) is 6.04 Å². The fraction of sp³-hybridized carbons (Fsp3) is 0.444. The van der Waals surface area contributed by atoms with Gasteiger partial charge in [0, 0.05) is 11.2 Å². The number of thiophene rings is 1. The first-order chi connectivity index (χ1) is 11.1. The van der Waals surface area contributed by atoms with Gasteiger partial charge in [-0.05, 0) is 50.1 Å². The number of nitrogens with zero attached hydrogens (tertiary/aromatic N) is 1. The van der Waals surface area contributed by atoms with Crippen molar-refractivity contribution in [3.63, 3.8) is 0 Å². The minimum atomic E-state index is -0.444. The van der Waals surface area contributed by atoms with E-state index in [0.29, 0.717) is 19.6 Å². The molecule has 1 aliphatic rings. The Labute approximate surface area is 140 Å². The summed E-state index contributed by atoms with van der Waals surface area (Å²) in [6, 6.07) is 7.59. The van der Waals surface area contributed by atoms with Crippen LogP contribution in [0.3, 0.4) is 0 Å². The van der Waals surface area contributed by atoms with Gasteiger partial charge < -0.3 is 9.64 Å². The third-order valence-corrected chi connectivity index (χ3v) is 5.62. The van der Waals surface area contributed by atoms with E-state index in [0.717, 1.165) is 33.4 Å². The molecule has 4 nitrogen and oxygen atoms in total. The molecule has 5 heteroatoms. The number of likely N-dealkylation sites (tertiary alicyclic amines) is 1. The molecule has 0 N–H and O–H groups in total. The highest BCUT2D eigenvalue weighted by atomic mass is 32.1. The molecule has 1 amide bonds. The highest BCUT2D eigenvalue weighted by Gasteiger charge is 2.34. The van der Waals surface area contributed by atoms with Gasteiger partial charge in [-0.1, -0.05) is 18.2 Å². The van der Waals surface area contributed by atoms with Gasteiger partial charge in [-0.15, -0.1) is 11.3 Å². The van der Waals surface area contributed by atoms with Gasteiger partial charge in [0.15, 0.2) is 0 Å². The number of benzene rings is 1. The summed E-state index contributed by atoms with van der Waals surface area (Å²) >= 11 is 1.51. The van der Waals surface area contributed by atoms with Crippen molar-refractivity contribution in [2.24, 2.45) is 0 Å². The van der Waals surface area contributed by atoms with Gasteiger partial charge in [-0.25, -0.2) is 4.79 Å². The molecular weight excluding hydrogens is 310 g/mol. The van der Waals surface area contributed by atoms with E-state index in [-0.39, 0.29) is 11.9 Å². The van der Waals surface area contributed by atoms with Gasteiger partial charge in [0.05, 0.1) is 11.5 Å². The van der Waals surface area contributed by atoms with Crippen LogP contribution in [0, 0.1) is 6.92 Å². The van der Waals surface area contributed by atoms with Crippen LogP contribution in [-0.4, -0.2) is 36.0 Å². The molecule has 0 spiro atoms. The van der Waals surface area contributed by atoms with Crippen LogP contribution in [0.5, 0.6) is 0 Å². The van der Waals surface area contributed by atoms with Crippen molar-refractivity contribution < 1.29 is 14.3 Å². The van der Waals surface area contributed by atoms with Crippen molar-refractivity contribution in [1.82, 2.24) is 4.90 Å². The van der Waals surface area contributed by atoms with Crippen molar-refractivity contribution in [2.75, 3.05) is 13.2 Å². The topological polar surface area (TPSA) is 46.6 Å². The van der Waals surface area contributed by atoms with Gasteiger partial charge in [-0.3, -0.25) is 4.79 Å². The summed E-state index contributed by atoms with van der Waals surface area (Å²) in [5.41, 5.74) is 1.00. The number of aryl methyl sites for hydroxylation is 1. The van der Waals surface area contributed by atoms with Crippen LogP contribution in [0.4, 0.5) is 0 Å². The first kappa shape index (κ1) is 16.0. The molecule has 0 radical (unpaired) electrons. The minimum Gasteiger partial charge on any atom is -0.464 e. The molecular formula is C18H21NO3S. The minimum absolute atomic E-state index is 0.0403. The van der Waals surface area contributed by atoms with Crippen LogP contribution in [0.15, 0.2) is 24.3 Å². The summed E-state index contributed by atoms with van der Waals surface area (Å²) in [6.07, 6.45) is 2.58. The number of hydrogen-bond donors (Lipinski definition) is 0. The molecule has 1 aliphatic heterocycles. The fourth-order valence-electron chi connectivity index (χ4n) is 3.17. The number of hydrogen-bond acceptors (Lipinski definition) is 4. The predicted molar refractivity (Wildman–Crippen MR) is 91.9 cm³/mol. The van der Waals surface area contributed by atoms with Crippen molar-refractivity contribution in [1.29, 1.82) is 0 Å². The molecule has 1 atom stereocenters. The zero-order valence-electron chi connectivity index (χ0n) is 13.5. The molecule has 23 heavy (non-hydrogen) atoms. The molecule has 2 heterocycles. The maximum atomic E-state index is 13.0. The quantitative estimate of drug-likeness (QED) is 0.804. The predicted octanol–water partition coefficient (Wildman–Crippen LogP) is 3.77. The Morgan fingerprint density at radius 2 is 2.09 bits per heavy atom. The Bertz CT molecular complexity index is 737. The van der Waals surface area contributed by atoms with Crippen molar-refractivity contribution in [2.45, 2.75) is 39.2 Å². The average Bonchev–Trinajstić information content (AvgIpc) is 2.92. The van der Waals surface area contributed by atoms with Crippen LogP contribution in [0.1, 0.15) is 41.4 Å². The lowest BCUT2D eigenvalue weighted by atomic mass is 10.0. The Kier molecular flexibility index (Phi) is 4.66. The Balaban J connectivity index is 1.93. The molecule has 122 valence electrons. The van der Waals surface area contributed by atoms with Gasteiger partial charge in [-0.2, -0.15) is 0 Å². The maximum absolute atomic E-state index is 13.0. The molecule has 1 saturated heterocycles. The number of piperidine rings is 1. The number of carbonyl (C=O) groups is 2. The third kappa shape index (κ3) is 2.98. The molecule has 1 aromatic carbocycles. The summed E-state index contributed by atoms with van der Waals surface area (Å²) in [5, 5.41) is 1.12. The van der Waals surface area contributed by atoms with E-state index in [1.165, 1.54) is 11.3 Å². The second-order valence-electron chi connectivity index (χ2n) is 5.81. The number of esters is 1. The van der Waals surface area contributed by atoms with Crippen molar-refractivity contribution in [3.05, 3.63) is 34.7 Å². The zero-order chi connectivity index (χ0) is 16.4. The lowest BCUT2D eigenvalue weighted by Gasteiger charge is -2.33. The standard InChI is InChI=1S/C18H21NO3S/c1-3-22-18(21)14-9-6-7-11-19(14)17(20)16-12(2)13-8-4-5-10-15(13)23-16/h4-5,8,10,14H,3,6-7,9,11H2,1-2H3/t14-/m1/s1. The van der Waals surface area contributed by atoms with Crippen molar-refractivity contribution in [3.8, 4) is 0 Å². The second-order valence-corrected chi connectivity index (χ2v) is 6.87. The number of fused-ring (bicyclic) bond motifs is 1. The highest BCUT2D eigenvalue weighted by Crippen LogP contribution is 2.33. The number of amides is 1. The fourth-order valence-corrected chi connectivity index (χ4v) is 4.33. The van der Waals surface area contributed by atoms with E-state index < -0.39 is 6.04 Å². The largest absolute Gasteiger partial charge is 0.464 e. The molecule has 0 saturated carbocycles. The van der Waals surface area contributed by atoms with E-state index in [4.69, 9.17) is 4.74 Å². The molecule has 0 bridgehead atoms. The van der Waals surface area contributed by atoms with Crippen LogP contribution >= 0.6 is 11.3 Å². The summed E-state index contributed by atoms with van der Waals surface area (Å²) in [7, 11) is 0. The van der Waals surface area contributed by atoms with Gasteiger partial charge in [0.2, 0.25) is 0 Å². The smallest absolute Gasteiger partial charge is 0.328 e. The second kappa shape index (κ2) is 6.71. The SMILES string of the molecule is CCOC(=O)[C@H]1CCCCN1C(=O)c1sc2ccccc2c1C. The summed E-state index contributed by atoms with van der Waals surface area (Å²) < 4.78 is 6.27. The molecule has 0 aliphatic carbocycles. The number of ether oxygens (including phenoxy) is 1. The van der Waals surface area contributed by atoms with E-state index in [2.05, 4.69) is 0 Å². The van der Waals surface area contributed by atoms with Crippen LogP contribution in [0.2, 0.25) is 0 Å². The number of rotatable bonds is 3. The van der Waals surface area contributed by atoms with E-state index in [1.54, 1.807) is 11.8 Å². The molecule has 1 aromatic heterocycles. The van der Waals surface area contributed by atoms with Gasteiger partial charge >= 0.3 is 5.97 Å². The molecule has 0 unspecified atom stereocenters. The highest BCUT2D eigenvalue weighted by molar-refractivity contribution is 7.21. The maximum Gasteiger partial charge on any atom is 0.328 e. The van der Waals surface area contributed by atoms with Crippen LogP contribution < -0.4 is 0 Å². The lowest BCUT2D eigenvalue weighted by molar-refractivity contribution is -0.149. The Morgan fingerprint density at radius 3 is 2.83 bits per heavy atom. The summed E-state index contributed by atoms with van der Waals surface area (Å²) in [4.78, 5) is 27.7. The summed E-state index contributed by atoms with van der Waals surface area (Å²) in [5.74, 6) is -0.319. The Morgan fingerprint density at radius 1 is 1.30 bits per heavy atom. The van der Waals surface area contributed by atoms with E-state index in [9.17, 15) is 9.59 Å². The monoisotopic (exact) mass is 331 g/mol. The normalized spacial score (nSPS) is 18.2. The number of carbonyl (C=O) groups excluding carboxylic acids is 2. The summed E-state index contributed by atoms with van der Waals surface area (Å²) in [6.45, 7) is 4.74. The van der Waals surface area contributed by atoms with Crippen molar-refractivity contribution >= 4 is 33.3 Å². The van der Waals surface area contributed by atoms with E-state index >= 15 is 0 Å². The van der Waals surface area contributed by atoms with Crippen LogP contribution in [-0.2, 0) is 9.53 Å². The Hall–Kier alpha value is -1.88. The molecule has 2 aromatic rings. The lowest BCUT2D eigenvalue weighted by Crippen LogP contribution is -2.48. The first-order valence-electron chi connectivity index (χ1n) is 8.09. The first-order valence-corrected chi connectivity index (χ1v) is 8.91. The third-order valence-electron chi connectivity index (χ3n) is 4.36. The zero-order valence-corrected chi connectivity index (χ0v) is 14.3. The molecule has 1 fully saturated rings. The average molecular weight is 331 g/mol. The van der Waals surface area contributed by atoms with E-state index in [1.807, 2.05) is 31.2 Å². The van der Waals surface area contributed by atoms with Gasteiger partial charge in [0.25, 0.3) is 5.91 Å². The molecule has 3 rings (SSSR count).